The smallest absolute Gasteiger partial charge is 0.160 e. The summed E-state index contributed by atoms with van der Waals surface area (Å²) in [5, 5.41) is 10.8. The van der Waals surface area contributed by atoms with Gasteiger partial charge in [0.2, 0.25) is 0 Å². The number of hydrogen-bond acceptors (Lipinski definition) is 3. The zero-order chi connectivity index (χ0) is 18.9. The van der Waals surface area contributed by atoms with Gasteiger partial charge in [0, 0.05) is 17.8 Å². The van der Waals surface area contributed by atoms with Crippen molar-refractivity contribution in [1.29, 1.82) is 0 Å². The molecule has 0 aliphatic heterocycles. The Morgan fingerprint density at radius 1 is 1.27 bits per heavy atom. The van der Waals surface area contributed by atoms with Gasteiger partial charge in [-0.1, -0.05) is 56.0 Å². The lowest BCUT2D eigenvalue weighted by atomic mass is 9.50. The molecule has 5 heteroatoms. The Kier molecular flexibility index (Phi) is 4.68. The number of aliphatic hydroxyl groups excluding tert-OH is 1. The fourth-order valence-corrected chi connectivity index (χ4v) is 7.16. The van der Waals surface area contributed by atoms with Gasteiger partial charge in [-0.15, -0.1) is 0 Å². The summed E-state index contributed by atoms with van der Waals surface area (Å²) in [4.78, 5) is 24.7. The number of alkyl halides is 2. The Balaban J connectivity index is 1.73. The molecule has 4 aliphatic carbocycles. The zero-order valence-electron chi connectivity index (χ0n) is 15.3. The molecule has 0 aromatic rings. The molecule has 142 valence electrons. The monoisotopic (exact) mass is 484 g/mol. The summed E-state index contributed by atoms with van der Waals surface area (Å²) in [7, 11) is 0. The first-order chi connectivity index (χ1) is 12.2. The van der Waals surface area contributed by atoms with Crippen LogP contribution in [0.1, 0.15) is 52.4 Å². The van der Waals surface area contributed by atoms with Crippen LogP contribution in [0, 0.1) is 28.6 Å². The molecule has 0 amide bonds. The molecule has 4 aliphatic rings. The summed E-state index contributed by atoms with van der Waals surface area (Å²) in [5.41, 5.74) is 2.05. The van der Waals surface area contributed by atoms with Gasteiger partial charge < -0.3 is 5.11 Å². The van der Waals surface area contributed by atoms with Crippen molar-refractivity contribution in [3.63, 3.8) is 0 Å². The Morgan fingerprint density at radius 3 is 2.69 bits per heavy atom. The molecule has 6 atom stereocenters. The van der Waals surface area contributed by atoms with Crippen molar-refractivity contribution in [3.05, 3.63) is 23.3 Å². The number of hydrogen-bond donors (Lipinski definition) is 1. The summed E-state index contributed by atoms with van der Waals surface area (Å²) >= 11 is 6.81. The molecule has 4 rings (SSSR count). The van der Waals surface area contributed by atoms with Gasteiger partial charge in [0.15, 0.2) is 11.6 Å². The third kappa shape index (κ3) is 2.52. The third-order valence-corrected chi connectivity index (χ3v) is 8.91. The molecule has 26 heavy (non-hydrogen) atoms. The van der Waals surface area contributed by atoms with E-state index in [4.69, 9.17) is 0 Å². The average molecular weight is 486 g/mol. The van der Waals surface area contributed by atoms with E-state index in [0.29, 0.717) is 11.8 Å². The topological polar surface area (TPSA) is 54.4 Å². The first-order valence-corrected chi connectivity index (χ1v) is 11.5. The second kappa shape index (κ2) is 6.38. The lowest BCUT2D eigenvalue weighted by Crippen LogP contribution is -2.50. The fraction of sp³-hybridized carbons (Fsp3) is 0.714. The molecule has 0 aromatic heterocycles. The van der Waals surface area contributed by atoms with E-state index in [-0.39, 0.29) is 33.1 Å². The van der Waals surface area contributed by atoms with E-state index in [1.807, 2.05) is 0 Å². The van der Waals surface area contributed by atoms with Gasteiger partial charge in [0.25, 0.3) is 0 Å². The van der Waals surface area contributed by atoms with Crippen molar-refractivity contribution >= 4 is 43.4 Å². The molecule has 1 unspecified atom stereocenters. The van der Waals surface area contributed by atoms with Crippen molar-refractivity contribution < 1.29 is 14.7 Å². The maximum atomic E-state index is 12.7. The van der Waals surface area contributed by atoms with Crippen molar-refractivity contribution in [2.45, 2.75) is 62.2 Å². The molecule has 0 bridgehead atoms. The SMILES string of the molecule is C[C@@]12C(=CC(=O)CC1O)CC[C@@H]1C2=CC[C@]2(C)[C@@H](C(=O)C(Br)Br)CC[C@@H]12. The number of ketones is 2. The van der Waals surface area contributed by atoms with Crippen molar-refractivity contribution in [1.82, 2.24) is 0 Å². The van der Waals surface area contributed by atoms with Gasteiger partial charge in [0.1, 0.15) is 3.74 Å². The van der Waals surface area contributed by atoms with Crippen LogP contribution in [-0.2, 0) is 9.59 Å². The van der Waals surface area contributed by atoms with Crippen LogP contribution in [0.3, 0.4) is 0 Å². The predicted molar refractivity (Wildman–Crippen MR) is 108 cm³/mol. The molecule has 0 saturated heterocycles. The summed E-state index contributed by atoms with van der Waals surface area (Å²) in [6.45, 7) is 4.42. The van der Waals surface area contributed by atoms with Crippen LogP contribution >= 0.6 is 31.9 Å². The van der Waals surface area contributed by atoms with Crippen LogP contribution in [0.25, 0.3) is 0 Å². The number of rotatable bonds is 2. The van der Waals surface area contributed by atoms with Crippen LogP contribution in [0.15, 0.2) is 23.3 Å². The van der Waals surface area contributed by atoms with Crippen LogP contribution in [0.4, 0.5) is 0 Å². The number of Topliss-reactive ketones (excluding diaryl/α,β-unsaturated/α-hetero) is 1. The molecule has 0 radical (unpaired) electrons. The second-order valence-electron chi connectivity index (χ2n) is 9.01. The fourth-order valence-electron chi connectivity index (χ4n) is 6.52. The summed E-state index contributed by atoms with van der Waals surface area (Å²) in [6, 6.07) is 0. The van der Waals surface area contributed by atoms with E-state index in [0.717, 1.165) is 37.7 Å². The summed E-state index contributed by atoms with van der Waals surface area (Å²) in [5.74, 6) is 1.30. The normalized spacial score (nSPS) is 44.8. The maximum Gasteiger partial charge on any atom is 0.160 e. The molecular formula is C21H26Br2O3. The highest BCUT2D eigenvalue weighted by atomic mass is 79.9. The van der Waals surface area contributed by atoms with Crippen molar-refractivity contribution in [2.75, 3.05) is 0 Å². The van der Waals surface area contributed by atoms with Gasteiger partial charge in [0.05, 0.1) is 6.10 Å². The summed E-state index contributed by atoms with van der Waals surface area (Å²) in [6.07, 6.45) is 8.53. The Morgan fingerprint density at radius 2 is 2.00 bits per heavy atom. The molecule has 2 saturated carbocycles. The van der Waals surface area contributed by atoms with Crippen LogP contribution in [0.2, 0.25) is 0 Å². The van der Waals surface area contributed by atoms with Gasteiger partial charge in [-0.05, 0) is 62.4 Å². The summed E-state index contributed by atoms with van der Waals surface area (Å²) < 4.78 is -0.273. The quantitative estimate of drug-likeness (QED) is 0.455. The number of fused-ring (bicyclic) bond motifs is 5. The minimum absolute atomic E-state index is 0.00193. The highest BCUT2D eigenvalue weighted by molar-refractivity contribution is 9.25. The van der Waals surface area contributed by atoms with Gasteiger partial charge >= 0.3 is 0 Å². The first-order valence-electron chi connectivity index (χ1n) is 9.64. The maximum absolute atomic E-state index is 12.7. The highest BCUT2D eigenvalue weighted by Crippen LogP contribution is 2.64. The molecule has 0 spiro atoms. The van der Waals surface area contributed by atoms with Crippen molar-refractivity contribution in [3.8, 4) is 0 Å². The van der Waals surface area contributed by atoms with Crippen LogP contribution in [-0.4, -0.2) is 26.5 Å². The predicted octanol–water partition coefficient (Wildman–Crippen LogP) is 4.71. The Bertz CT molecular complexity index is 725. The van der Waals surface area contributed by atoms with E-state index < -0.39 is 11.5 Å². The Labute approximate surface area is 171 Å². The molecule has 1 N–H and O–H groups in total. The van der Waals surface area contributed by atoms with Gasteiger partial charge in [-0.3, -0.25) is 9.59 Å². The van der Waals surface area contributed by atoms with Gasteiger partial charge in [-0.25, -0.2) is 0 Å². The van der Waals surface area contributed by atoms with Crippen LogP contribution in [0.5, 0.6) is 0 Å². The number of allylic oxidation sites excluding steroid dienone is 2. The minimum Gasteiger partial charge on any atom is -0.391 e. The molecule has 2 fully saturated rings. The number of carbonyl (C=O) groups excluding carboxylic acids is 2. The lowest BCUT2D eigenvalue weighted by Gasteiger charge is -2.54. The van der Waals surface area contributed by atoms with E-state index in [1.54, 1.807) is 6.08 Å². The first kappa shape index (κ1) is 19.1. The largest absolute Gasteiger partial charge is 0.391 e. The van der Waals surface area contributed by atoms with E-state index in [9.17, 15) is 14.7 Å². The number of aliphatic hydroxyl groups is 1. The number of halogens is 2. The minimum atomic E-state index is -0.623. The van der Waals surface area contributed by atoms with E-state index in [2.05, 4.69) is 51.8 Å². The molecule has 3 nitrogen and oxygen atoms in total. The molecule has 0 aromatic carbocycles. The van der Waals surface area contributed by atoms with E-state index >= 15 is 0 Å². The molecular weight excluding hydrogens is 460 g/mol. The standard InChI is InChI=1S/C21H26Br2O3/c1-20-8-7-15-13(14(20)5-6-16(20)18(26)19(22)23)4-3-11-9-12(24)10-17(25)21(11,15)2/h7,9,13-14,16-17,19,25H,3-6,8,10H2,1-2H3/t13-,14-,16+,17?,20-,21-/m0/s1. The average Bonchev–Trinajstić information content (AvgIpc) is 2.92. The lowest BCUT2D eigenvalue weighted by molar-refractivity contribution is -0.125. The number of carbonyl (C=O) groups is 2. The Hall–Kier alpha value is -0.260. The second-order valence-corrected chi connectivity index (χ2v) is 12.1. The zero-order valence-corrected chi connectivity index (χ0v) is 18.5. The van der Waals surface area contributed by atoms with E-state index in [1.165, 1.54) is 5.57 Å². The third-order valence-electron chi connectivity index (χ3n) is 8.00. The van der Waals surface area contributed by atoms with Crippen LogP contribution < -0.4 is 0 Å². The van der Waals surface area contributed by atoms with Gasteiger partial charge in [-0.2, -0.15) is 0 Å². The van der Waals surface area contributed by atoms with Crippen molar-refractivity contribution in [2.24, 2.45) is 28.6 Å². The molecule has 0 heterocycles. The highest BCUT2D eigenvalue weighted by Gasteiger charge is 2.59.